The molecular weight excluding hydrogens is 176 g/mol. The largest absolute Gasteiger partial charge is 0.458 e. The summed E-state index contributed by atoms with van der Waals surface area (Å²) in [6.07, 6.45) is 3.34. The van der Waals surface area contributed by atoms with Crippen LogP contribution in [-0.2, 0) is 9.53 Å². The lowest BCUT2D eigenvalue weighted by Gasteiger charge is -2.58. The van der Waals surface area contributed by atoms with Gasteiger partial charge in [0.15, 0.2) is 0 Å². The molecule has 3 atom stereocenters. The fourth-order valence-electron chi connectivity index (χ4n) is 3.09. The molecule has 2 bridgehead atoms. The molecule has 0 aliphatic heterocycles. The number of esters is 1. The molecule has 0 saturated heterocycles. The van der Waals surface area contributed by atoms with Gasteiger partial charge in [-0.15, -0.1) is 0 Å². The molecule has 1 saturated carbocycles. The van der Waals surface area contributed by atoms with E-state index in [9.17, 15) is 4.79 Å². The van der Waals surface area contributed by atoms with Crippen LogP contribution in [0.1, 0.15) is 34.1 Å². The molecule has 2 heteroatoms. The summed E-state index contributed by atoms with van der Waals surface area (Å²) in [5.74, 6) is 1.07. The zero-order valence-corrected chi connectivity index (χ0v) is 9.33. The standard InChI is InChI=1S/C12H18O2/c1-7-5-11(14-8(2)13)10-6-9(7)12(10,3)4/h5,9-11H,6H2,1-4H3/t9-,10+,11+/m1/s1. The van der Waals surface area contributed by atoms with Crippen LogP contribution in [0.4, 0.5) is 0 Å². The van der Waals surface area contributed by atoms with Crippen molar-refractivity contribution in [1.29, 1.82) is 0 Å². The Labute approximate surface area is 85.3 Å². The van der Waals surface area contributed by atoms with Gasteiger partial charge in [-0.3, -0.25) is 4.79 Å². The van der Waals surface area contributed by atoms with Gasteiger partial charge < -0.3 is 4.74 Å². The molecule has 3 aliphatic rings. The minimum absolute atomic E-state index is 0.0208. The molecule has 0 radical (unpaired) electrons. The average Bonchev–Trinajstić information content (AvgIpc) is 2.00. The molecule has 0 unspecified atom stereocenters. The van der Waals surface area contributed by atoms with Crippen molar-refractivity contribution in [3.8, 4) is 0 Å². The molecule has 78 valence electrons. The smallest absolute Gasteiger partial charge is 0.303 e. The average molecular weight is 194 g/mol. The van der Waals surface area contributed by atoms with Crippen LogP contribution in [0.15, 0.2) is 11.6 Å². The van der Waals surface area contributed by atoms with Gasteiger partial charge in [0, 0.05) is 12.8 Å². The van der Waals surface area contributed by atoms with Crippen molar-refractivity contribution in [3.05, 3.63) is 11.6 Å². The van der Waals surface area contributed by atoms with Gasteiger partial charge in [-0.2, -0.15) is 0 Å². The van der Waals surface area contributed by atoms with Crippen molar-refractivity contribution >= 4 is 5.97 Å². The number of carbonyl (C=O) groups is 1. The lowest BCUT2D eigenvalue weighted by molar-refractivity contribution is -0.158. The quantitative estimate of drug-likeness (QED) is 0.473. The first-order chi connectivity index (χ1) is 6.43. The lowest BCUT2D eigenvalue weighted by Crippen LogP contribution is -2.54. The SMILES string of the molecule is CC(=O)O[C@H]1C=C(C)[C@H]2C[C@@H]1C2(C)C. The van der Waals surface area contributed by atoms with E-state index in [0.29, 0.717) is 17.3 Å². The van der Waals surface area contributed by atoms with Crippen molar-refractivity contribution in [1.82, 2.24) is 0 Å². The van der Waals surface area contributed by atoms with Crippen LogP contribution >= 0.6 is 0 Å². The van der Waals surface area contributed by atoms with Crippen molar-refractivity contribution in [2.75, 3.05) is 0 Å². The molecule has 3 aliphatic carbocycles. The van der Waals surface area contributed by atoms with Crippen LogP contribution in [0.25, 0.3) is 0 Å². The highest BCUT2D eigenvalue weighted by Crippen LogP contribution is 2.59. The van der Waals surface area contributed by atoms with Crippen LogP contribution in [-0.4, -0.2) is 12.1 Å². The maximum atomic E-state index is 10.9. The van der Waals surface area contributed by atoms with Crippen LogP contribution in [0.2, 0.25) is 0 Å². The molecule has 1 fully saturated rings. The van der Waals surface area contributed by atoms with E-state index in [4.69, 9.17) is 4.74 Å². The predicted molar refractivity (Wildman–Crippen MR) is 54.7 cm³/mol. The van der Waals surface area contributed by atoms with E-state index in [-0.39, 0.29) is 12.1 Å². The second kappa shape index (κ2) is 2.85. The number of rotatable bonds is 1. The monoisotopic (exact) mass is 194 g/mol. The second-order valence-electron chi connectivity index (χ2n) is 5.20. The van der Waals surface area contributed by atoms with Crippen molar-refractivity contribution in [2.45, 2.75) is 40.2 Å². The Hall–Kier alpha value is -0.790. The maximum Gasteiger partial charge on any atom is 0.303 e. The van der Waals surface area contributed by atoms with E-state index in [1.165, 1.54) is 18.9 Å². The summed E-state index contributed by atoms with van der Waals surface area (Å²) in [5.41, 5.74) is 1.71. The number of hydrogen-bond acceptors (Lipinski definition) is 2. The summed E-state index contributed by atoms with van der Waals surface area (Å²) in [7, 11) is 0. The molecular formula is C12H18O2. The third-order valence-corrected chi connectivity index (χ3v) is 4.02. The number of fused-ring (bicyclic) bond motifs is 1. The topological polar surface area (TPSA) is 26.3 Å². The highest BCUT2D eigenvalue weighted by Gasteiger charge is 2.55. The second-order valence-corrected chi connectivity index (χ2v) is 5.20. The first-order valence-corrected chi connectivity index (χ1v) is 5.28. The van der Waals surface area contributed by atoms with Gasteiger partial charge in [0.2, 0.25) is 0 Å². The van der Waals surface area contributed by atoms with Gasteiger partial charge in [0.25, 0.3) is 0 Å². The molecule has 0 heterocycles. The van der Waals surface area contributed by atoms with E-state index in [1.54, 1.807) is 0 Å². The molecule has 2 nitrogen and oxygen atoms in total. The molecule has 0 N–H and O–H groups in total. The Kier molecular flexibility index (Phi) is 1.98. The lowest BCUT2D eigenvalue weighted by atomic mass is 9.48. The summed E-state index contributed by atoms with van der Waals surface area (Å²) in [6, 6.07) is 0. The Morgan fingerprint density at radius 1 is 1.57 bits per heavy atom. The predicted octanol–water partition coefficient (Wildman–Crippen LogP) is 2.54. The molecule has 0 aromatic rings. The Morgan fingerprint density at radius 3 is 2.64 bits per heavy atom. The zero-order chi connectivity index (χ0) is 10.5. The summed E-state index contributed by atoms with van der Waals surface area (Å²) in [4.78, 5) is 10.9. The summed E-state index contributed by atoms with van der Waals surface area (Å²) < 4.78 is 5.33. The fraction of sp³-hybridized carbons (Fsp3) is 0.750. The van der Waals surface area contributed by atoms with E-state index in [1.807, 2.05) is 0 Å². The van der Waals surface area contributed by atoms with Gasteiger partial charge in [0.05, 0.1) is 0 Å². The van der Waals surface area contributed by atoms with E-state index in [2.05, 4.69) is 26.8 Å². The first-order valence-electron chi connectivity index (χ1n) is 5.28. The first kappa shape index (κ1) is 9.75. The summed E-state index contributed by atoms with van der Waals surface area (Å²) >= 11 is 0. The Bertz CT molecular complexity index is 301. The van der Waals surface area contributed by atoms with Gasteiger partial charge in [0.1, 0.15) is 6.10 Å². The molecule has 14 heavy (non-hydrogen) atoms. The number of ether oxygens (including phenoxy) is 1. The Balaban J connectivity index is 2.21. The van der Waals surface area contributed by atoms with Crippen LogP contribution in [0, 0.1) is 17.3 Å². The van der Waals surface area contributed by atoms with Crippen molar-refractivity contribution in [2.24, 2.45) is 17.3 Å². The molecule has 0 aromatic carbocycles. The zero-order valence-electron chi connectivity index (χ0n) is 9.33. The van der Waals surface area contributed by atoms with Crippen molar-refractivity contribution < 1.29 is 9.53 Å². The van der Waals surface area contributed by atoms with Crippen LogP contribution in [0.3, 0.4) is 0 Å². The van der Waals surface area contributed by atoms with E-state index >= 15 is 0 Å². The molecule has 0 spiro atoms. The maximum absolute atomic E-state index is 10.9. The van der Waals surface area contributed by atoms with Gasteiger partial charge >= 0.3 is 5.97 Å². The van der Waals surface area contributed by atoms with Gasteiger partial charge in [-0.05, 0) is 30.8 Å². The highest BCUT2D eigenvalue weighted by atomic mass is 16.5. The highest BCUT2D eigenvalue weighted by molar-refractivity contribution is 5.66. The van der Waals surface area contributed by atoms with Crippen LogP contribution in [0.5, 0.6) is 0 Å². The molecule has 3 rings (SSSR count). The normalized spacial score (nSPS) is 38.3. The fourth-order valence-corrected chi connectivity index (χ4v) is 3.09. The third-order valence-electron chi connectivity index (χ3n) is 4.02. The van der Waals surface area contributed by atoms with Crippen LogP contribution < -0.4 is 0 Å². The number of hydrogen-bond donors (Lipinski definition) is 0. The minimum Gasteiger partial charge on any atom is -0.458 e. The van der Waals surface area contributed by atoms with E-state index < -0.39 is 0 Å². The minimum atomic E-state index is -0.166. The summed E-state index contributed by atoms with van der Waals surface area (Å²) in [5, 5.41) is 0. The van der Waals surface area contributed by atoms with Gasteiger partial charge in [-0.1, -0.05) is 19.4 Å². The Morgan fingerprint density at radius 2 is 2.21 bits per heavy atom. The third kappa shape index (κ3) is 1.20. The number of carbonyl (C=O) groups excluding carboxylic acids is 1. The molecule has 0 aromatic heterocycles. The summed E-state index contributed by atoms with van der Waals surface area (Å²) in [6.45, 7) is 8.19. The van der Waals surface area contributed by atoms with Crippen molar-refractivity contribution in [3.63, 3.8) is 0 Å². The number of allylic oxidation sites excluding steroid dienone is 1. The van der Waals surface area contributed by atoms with Gasteiger partial charge in [-0.25, -0.2) is 0 Å². The molecule has 0 amide bonds. The van der Waals surface area contributed by atoms with E-state index in [0.717, 1.165) is 0 Å².